The van der Waals surface area contributed by atoms with Gasteiger partial charge in [0, 0.05) is 15.7 Å². The summed E-state index contributed by atoms with van der Waals surface area (Å²) in [5.41, 5.74) is 2.19. The van der Waals surface area contributed by atoms with Crippen LogP contribution in [0.5, 0.6) is 5.75 Å². The number of ether oxygens (including phenoxy) is 1. The summed E-state index contributed by atoms with van der Waals surface area (Å²) < 4.78 is 5.37. The van der Waals surface area contributed by atoms with Gasteiger partial charge in [0.25, 0.3) is 0 Å². The minimum Gasteiger partial charge on any atom is -0.496 e. The Labute approximate surface area is 112 Å². The Bertz CT molecular complexity index is 529. The number of methoxy groups -OCH3 is 1. The van der Waals surface area contributed by atoms with E-state index in [4.69, 9.17) is 4.74 Å². The molecular weight excluding hydrogens is 240 g/mol. The first-order valence-electron chi connectivity index (χ1n) is 6.18. The van der Waals surface area contributed by atoms with Crippen LogP contribution in [0.15, 0.2) is 47.4 Å². The molecule has 91 valence electrons. The van der Waals surface area contributed by atoms with E-state index in [1.807, 2.05) is 30.0 Å². The fraction of sp³-hybridized carbons (Fsp3) is 0.250. The molecule has 0 atom stereocenters. The van der Waals surface area contributed by atoms with Crippen molar-refractivity contribution in [3.05, 3.63) is 48.5 Å². The van der Waals surface area contributed by atoms with E-state index in [2.05, 4.69) is 30.3 Å². The molecule has 0 aliphatic heterocycles. The lowest BCUT2D eigenvalue weighted by Gasteiger charge is -2.08. The average Bonchev–Trinajstić information content (AvgIpc) is 3.24. The van der Waals surface area contributed by atoms with Crippen molar-refractivity contribution in [3.8, 4) is 16.9 Å². The van der Waals surface area contributed by atoms with Gasteiger partial charge in [-0.25, -0.2) is 0 Å². The minimum absolute atomic E-state index is 0.855. The van der Waals surface area contributed by atoms with Crippen LogP contribution >= 0.6 is 11.8 Å². The Hall–Kier alpha value is -1.41. The molecule has 1 fully saturated rings. The topological polar surface area (TPSA) is 9.23 Å². The van der Waals surface area contributed by atoms with Crippen LogP contribution in [0.25, 0.3) is 11.1 Å². The Morgan fingerprint density at radius 2 is 1.94 bits per heavy atom. The van der Waals surface area contributed by atoms with Crippen molar-refractivity contribution < 1.29 is 4.74 Å². The summed E-state index contributed by atoms with van der Waals surface area (Å²) in [7, 11) is 1.70. The number of rotatable bonds is 4. The average molecular weight is 255 g/mol. The molecule has 0 bridgehead atoms. The molecular formula is C16H15OS. The molecule has 0 aromatic heterocycles. The van der Waals surface area contributed by atoms with Gasteiger partial charge in [-0.2, -0.15) is 0 Å². The highest BCUT2D eigenvalue weighted by Crippen LogP contribution is 2.39. The van der Waals surface area contributed by atoms with Crippen LogP contribution in [0.3, 0.4) is 0 Å². The fourth-order valence-corrected chi connectivity index (χ4v) is 2.95. The molecule has 1 nitrogen and oxygen atoms in total. The van der Waals surface area contributed by atoms with Gasteiger partial charge in [-0.3, -0.25) is 0 Å². The highest BCUT2D eigenvalue weighted by Gasteiger charge is 2.22. The first kappa shape index (κ1) is 11.7. The lowest BCUT2D eigenvalue weighted by molar-refractivity contribution is 0.416. The van der Waals surface area contributed by atoms with Crippen LogP contribution in [0, 0.1) is 6.07 Å². The van der Waals surface area contributed by atoms with Crippen molar-refractivity contribution in [2.45, 2.75) is 23.0 Å². The van der Waals surface area contributed by atoms with Gasteiger partial charge in [0.05, 0.1) is 7.11 Å². The van der Waals surface area contributed by atoms with E-state index in [1.165, 1.54) is 17.7 Å². The SMILES string of the molecule is COc1ccc[c]c1-c1ccc(SC2CC2)cc1. The molecule has 0 unspecified atom stereocenters. The molecule has 2 aromatic rings. The summed E-state index contributed by atoms with van der Waals surface area (Å²) in [4.78, 5) is 1.36. The summed E-state index contributed by atoms with van der Waals surface area (Å²) in [5.74, 6) is 0.875. The highest BCUT2D eigenvalue weighted by molar-refractivity contribution is 8.00. The van der Waals surface area contributed by atoms with Gasteiger partial charge in [-0.15, -0.1) is 11.8 Å². The molecule has 0 N–H and O–H groups in total. The molecule has 0 spiro atoms. The van der Waals surface area contributed by atoms with Gasteiger partial charge < -0.3 is 4.74 Å². The molecule has 1 radical (unpaired) electrons. The molecule has 2 heteroatoms. The molecule has 1 aliphatic carbocycles. The Morgan fingerprint density at radius 3 is 2.61 bits per heavy atom. The zero-order valence-corrected chi connectivity index (χ0v) is 11.2. The van der Waals surface area contributed by atoms with E-state index in [9.17, 15) is 0 Å². The Balaban J connectivity index is 1.86. The molecule has 0 heterocycles. The lowest BCUT2D eigenvalue weighted by Crippen LogP contribution is -1.87. The van der Waals surface area contributed by atoms with E-state index in [1.54, 1.807) is 7.11 Å². The van der Waals surface area contributed by atoms with Gasteiger partial charge in [0.1, 0.15) is 5.75 Å². The summed E-state index contributed by atoms with van der Waals surface area (Å²) in [6.07, 6.45) is 2.74. The van der Waals surface area contributed by atoms with E-state index in [0.717, 1.165) is 22.1 Å². The van der Waals surface area contributed by atoms with Gasteiger partial charge in [0.2, 0.25) is 0 Å². The largest absolute Gasteiger partial charge is 0.496 e. The number of hydrogen-bond donors (Lipinski definition) is 0. The van der Waals surface area contributed by atoms with Crippen molar-refractivity contribution in [1.82, 2.24) is 0 Å². The summed E-state index contributed by atoms with van der Waals surface area (Å²) in [5, 5.41) is 0.855. The lowest BCUT2D eigenvalue weighted by atomic mass is 10.1. The molecule has 1 aliphatic rings. The molecule has 1 saturated carbocycles. The van der Waals surface area contributed by atoms with Gasteiger partial charge in [-0.1, -0.05) is 24.3 Å². The molecule has 0 saturated heterocycles. The van der Waals surface area contributed by atoms with E-state index < -0.39 is 0 Å². The third-order valence-corrected chi connectivity index (χ3v) is 4.36. The normalized spacial score (nSPS) is 14.5. The van der Waals surface area contributed by atoms with Crippen LogP contribution in [0.1, 0.15) is 12.8 Å². The van der Waals surface area contributed by atoms with Crippen LogP contribution in [-0.2, 0) is 0 Å². The fourth-order valence-electron chi connectivity index (χ4n) is 1.90. The van der Waals surface area contributed by atoms with Gasteiger partial charge in [0.15, 0.2) is 0 Å². The predicted molar refractivity (Wildman–Crippen MR) is 76.1 cm³/mol. The smallest absolute Gasteiger partial charge is 0.127 e. The second-order valence-corrected chi connectivity index (χ2v) is 5.83. The second-order valence-electron chi connectivity index (χ2n) is 4.46. The maximum Gasteiger partial charge on any atom is 0.127 e. The Kier molecular flexibility index (Phi) is 3.28. The first-order chi connectivity index (χ1) is 8.86. The number of benzene rings is 2. The third kappa shape index (κ3) is 2.54. The van der Waals surface area contributed by atoms with Gasteiger partial charge in [-0.05, 0) is 42.7 Å². The van der Waals surface area contributed by atoms with Crippen LogP contribution < -0.4 is 4.74 Å². The van der Waals surface area contributed by atoms with E-state index in [-0.39, 0.29) is 0 Å². The van der Waals surface area contributed by atoms with Crippen molar-refractivity contribution >= 4 is 11.8 Å². The van der Waals surface area contributed by atoms with Crippen LogP contribution in [-0.4, -0.2) is 12.4 Å². The zero-order chi connectivity index (χ0) is 12.4. The Morgan fingerprint density at radius 1 is 1.17 bits per heavy atom. The quantitative estimate of drug-likeness (QED) is 0.800. The van der Waals surface area contributed by atoms with Crippen molar-refractivity contribution in [1.29, 1.82) is 0 Å². The molecule has 0 amide bonds. The zero-order valence-electron chi connectivity index (χ0n) is 10.3. The maximum atomic E-state index is 5.37. The summed E-state index contributed by atoms with van der Waals surface area (Å²) in [6.45, 7) is 0. The summed E-state index contributed by atoms with van der Waals surface area (Å²) >= 11 is 1.98. The maximum absolute atomic E-state index is 5.37. The minimum atomic E-state index is 0.855. The highest BCUT2D eigenvalue weighted by atomic mass is 32.2. The van der Waals surface area contributed by atoms with E-state index >= 15 is 0 Å². The monoisotopic (exact) mass is 255 g/mol. The van der Waals surface area contributed by atoms with Crippen LogP contribution in [0.2, 0.25) is 0 Å². The third-order valence-electron chi connectivity index (χ3n) is 3.01. The van der Waals surface area contributed by atoms with Gasteiger partial charge >= 0.3 is 0 Å². The predicted octanol–water partition coefficient (Wildman–Crippen LogP) is 4.42. The molecule has 3 rings (SSSR count). The first-order valence-corrected chi connectivity index (χ1v) is 7.06. The standard InChI is InChI=1S/C16H15OS/c1-17-16-5-3-2-4-15(16)12-6-8-13(9-7-12)18-14-10-11-14/h2-3,5-9,14H,10-11H2,1H3. The van der Waals surface area contributed by atoms with Crippen molar-refractivity contribution in [2.24, 2.45) is 0 Å². The number of thioether (sulfide) groups is 1. The number of hydrogen-bond acceptors (Lipinski definition) is 2. The second kappa shape index (κ2) is 5.07. The van der Waals surface area contributed by atoms with Crippen molar-refractivity contribution in [2.75, 3.05) is 7.11 Å². The molecule has 2 aromatic carbocycles. The van der Waals surface area contributed by atoms with E-state index in [0.29, 0.717) is 0 Å². The molecule has 18 heavy (non-hydrogen) atoms. The van der Waals surface area contributed by atoms with Crippen molar-refractivity contribution in [3.63, 3.8) is 0 Å². The summed E-state index contributed by atoms with van der Waals surface area (Å²) in [6, 6.07) is 17.8. The van der Waals surface area contributed by atoms with Crippen LogP contribution in [0.4, 0.5) is 0 Å².